The predicted molar refractivity (Wildman–Crippen MR) is 61.2 cm³/mol. The van der Waals surface area contributed by atoms with Gasteiger partial charge in [0, 0.05) is 29.9 Å². The molecule has 75 valence electrons. The zero-order valence-electron chi connectivity index (χ0n) is 9.04. The molecule has 0 fully saturated rings. The summed E-state index contributed by atoms with van der Waals surface area (Å²) in [6.45, 7) is 9.76. The number of rotatable bonds is 1. The van der Waals surface area contributed by atoms with Gasteiger partial charge in [-0.25, -0.2) is 0 Å². The maximum absolute atomic E-state index is 5.80. The second kappa shape index (κ2) is 2.91. The van der Waals surface area contributed by atoms with Crippen LogP contribution in [0, 0.1) is 6.54 Å². The van der Waals surface area contributed by atoms with Crippen molar-refractivity contribution in [1.82, 2.24) is 0 Å². The summed E-state index contributed by atoms with van der Waals surface area (Å²) in [5.41, 5.74) is 9.52. The fraction of sp³-hybridized carbons (Fsp3) is 0.417. The summed E-state index contributed by atoms with van der Waals surface area (Å²) in [5, 5.41) is 0. The number of benzene rings is 1. The minimum absolute atomic E-state index is 0.232. The Morgan fingerprint density at radius 1 is 1.43 bits per heavy atom. The molecule has 2 nitrogen and oxygen atoms in total. The zero-order valence-corrected chi connectivity index (χ0v) is 9.04. The lowest BCUT2D eigenvalue weighted by Gasteiger charge is -2.20. The van der Waals surface area contributed by atoms with Gasteiger partial charge in [0.25, 0.3) is 0 Å². The van der Waals surface area contributed by atoms with E-state index in [1.807, 2.05) is 6.07 Å². The zero-order chi connectivity index (χ0) is 10.3. The quantitative estimate of drug-likeness (QED) is 0.688. The fourth-order valence-electron chi connectivity index (χ4n) is 2.19. The van der Waals surface area contributed by atoms with E-state index in [1.165, 1.54) is 11.3 Å². The lowest BCUT2D eigenvalue weighted by molar-refractivity contribution is 0.563. The van der Waals surface area contributed by atoms with Crippen LogP contribution in [0.3, 0.4) is 0 Å². The van der Waals surface area contributed by atoms with Crippen molar-refractivity contribution < 1.29 is 0 Å². The number of hydrogen-bond acceptors (Lipinski definition) is 2. The first-order valence-electron chi connectivity index (χ1n) is 5.01. The van der Waals surface area contributed by atoms with Gasteiger partial charge >= 0.3 is 0 Å². The van der Waals surface area contributed by atoms with Crippen molar-refractivity contribution >= 4 is 11.4 Å². The van der Waals surface area contributed by atoms with Crippen molar-refractivity contribution in [2.24, 2.45) is 0 Å². The molecule has 2 rings (SSSR count). The molecule has 14 heavy (non-hydrogen) atoms. The first-order chi connectivity index (χ1) is 6.54. The van der Waals surface area contributed by atoms with Gasteiger partial charge in [-0.05, 0) is 24.6 Å². The number of nitrogens with two attached hydrogens (primary N) is 1. The lowest BCUT2D eigenvalue weighted by Crippen LogP contribution is -2.25. The van der Waals surface area contributed by atoms with E-state index in [1.54, 1.807) is 0 Å². The molecule has 1 aromatic rings. The average molecular weight is 189 g/mol. The van der Waals surface area contributed by atoms with E-state index in [0.717, 1.165) is 12.2 Å². The van der Waals surface area contributed by atoms with Crippen LogP contribution >= 0.6 is 0 Å². The van der Waals surface area contributed by atoms with Gasteiger partial charge in [0.15, 0.2) is 0 Å². The van der Waals surface area contributed by atoms with E-state index in [0.29, 0.717) is 0 Å². The summed E-state index contributed by atoms with van der Waals surface area (Å²) >= 11 is 0. The maximum Gasteiger partial charge on any atom is 0.0463 e. The molecule has 1 heterocycles. The Labute approximate surface area is 85.7 Å². The molecule has 0 atom stereocenters. The molecule has 0 aliphatic carbocycles. The molecule has 2 heteroatoms. The van der Waals surface area contributed by atoms with Crippen molar-refractivity contribution in [3.8, 4) is 0 Å². The second-order valence-electron chi connectivity index (χ2n) is 4.55. The summed E-state index contributed by atoms with van der Waals surface area (Å²) in [7, 11) is 0. The number of nitrogen functional groups attached to an aromatic ring is 1. The van der Waals surface area contributed by atoms with E-state index < -0.39 is 0 Å². The highest BCUT2D eigenvalue weighted by atomic mass is 15.2. The van der Waals surface area contributed by atoms with E-state index >= 15 is 0 Å². The molecule has 0 saturated carbocycles. The molecule has 0 spiro atoms. The van der Waals surface area contributed by atoms with Gasteiger partial charge in [0.05, 0.1) is 0 Å². The normalized spacial score (nSPS) is 18.4. The molecule has 1 aliphatic heterocycles. The van der Waals surface area contributed by atoms with Crippen LogP contribution in [0.1, 0.15) is 26.3 Å². The molecule has 0 bridgehead atoms. The molecule has 0 saturated heterocycles. The Morgan fingerprint density at radius 2 is 2.14 bits per heavy atom. The molecule has 0 aromatic heterocycles. The maximum atomic E-state index is 5.80. The van der Waals surface area contributed by atoms with Crippen LogP contribution in [0.4, 0.5) is 11.4 Å². The summed E-state index contributed by atoms with van der Waals surface area (Å²) in [6.07, 6.45) is 0. The van der Waals surface area contributed by atoms with Crippen LogP contribution in [0.5, 0.6) is 0 Å². The summed E-state index contributed by atoms with van der Waals surface area (Å²) in [4.78, 5) is 2.27. The third kappa shape index (κ3) is 1.26. The third-order valence-electron chi connectivity index (χ3n) is 2.94. The molecule has 0 unspecified atom stereocenters. The highest BCUT2D eigenvalue weighted by Crippen LogP contribution is 2.41. The number of anilines is 2. The predicted octanol–water partition coefficient (Wildman–Crippen LogP) is 2.55. The molecule has 1 radical (unpaired) electrons. The van der Waals surface area contributed by atoms with Gasteiger partial charge in [-0.15, -0.1) is 0 Å². The monoisotopic (exact) mass is 189 g/mol. The van der Waals surface area contributed by atoms with Crippen molar-refractivity contribution in [2.45, 2.75) is 26.2 Å². The number of hydrogen-bond donors (Lipinski definition) is 1. The third-order valence-corrected chi connectivity index (χ3v) is 2.94. The van der Waals surface area contributed by atoms with E-state index in [2.05, 4.69) is 44.3 Å². The number of nitrogens with zero attached hydrogens (tertiary/aromatic N) is 1. The minimum atomic E-state index is 0.232. The van der Waals surface area contributed by atoms with E-state index in [-0.39, 0.29) is 5.41 Å². The lowest BCUT2D eigenvalue weighted by atomic mass is 9.87. The molecule has 1 aromatic carbocycles. The molecule has 1 aliphatic rings. The van der Waals surface area contributed by atoms with Gasteiger partial charge in [0.2, 0.25) is 0 Å². The Balaban J connectivity index is 2.54. The molecule has 2 N–H and O–H groups in total. The molecule has 0 amide bonds. The van der Waals surface area contributed by atoms with Gasteiger partial charge in [0.1, 0.15) is 0 Å². The Morgan fingerprint density at radius 3 is 2.79 bits per heavy atom. The van der Waals surface area contributed by atoms with Crippen molar-refractivity contribution in [3.63, 3.8) is 0 Å². The second-order valence-corrected chi connectivity index (χ2v) is 4.55. The van der Waals surface area contributed by atoms with Crippen molar-refractivity contribution in [2.75, 3.05) is 17.2 Å². The fourth-order valence-corrected chi connectivity index (χ4v) is 2.19. The van der Waals surface area contributed by atoms with Crippen LogP contribution in [-0.4, -0.2) is 6.54 Å². The van der Waals surface area contributed by atoms with Crippen LogP contribution in [0.25, 0.3) is 0 Å². The summed E-state index contributed by atoms with van der Waals surface area (Å²) in [6, 6.07) is 6.19. The topological polar surface area (TPSA) is 29.3 Å². The van der Waals surface area contributed by atoms with Crippen LogP contribution in [0.15, 0.2) is 18.2 Å². The van der Waals surface area contributed by atoms with Crippen molar-refractivity contribution in [3.05, 3.63) is 30.3 Å². The van der Waals surface area contributed by atoms with Crippen LogP contribution in [0.2, 0.25) is 0 Å². The SMILES string of the molecule is C[CH]N1CC(C)(C)c2ccc(N)cc21. The summed E-state index contributed by atoms with van der Waals surface area (Å²) < 4.78 is 0. The largest absolute Gasteiger partial charge is 0.399 e. The average Bonchev–Trinajstić information content (AvgIpc) is 2.37. The summed E-state index contributed by atoms with van der Waals surface area (Å²) in [5.74, 6) is 0. The van der Waals surface area contributed by atoms with E-state index in [9.17, 15) is 0 Å². The Hall–Kier alpha value is -1.18. The first-order valence-corrected chi connectivity index (χ1v) is 5.01. The number of fused-ring (bicyclic) bond motifs is 1. The van der Waals surface area contributed by atoms with Gasteiger partial charge < -0.3 is 10.6 Å². The first kappa shape index (κ1) is 9.38. The van der Waals surface area contributed by atoms with Crippen LogP contribution < -0.4 is 10.6 Å². The van der Waals surface area contributed by atoms with Crippen molar-refractivity contribution in [1.29, 1.82) is 0 Å². The van der Waals surface area contributed by atoms with Gasteiger partial charge in [-0.3, -0.25) is 0 Å². The highest BCUT2D eigenvalue weighted by Gasteiger charge is 2.34. The van der Waals surface area contributed by atoms with E-state index in [4.69, 9.17) is 5.73 Å². The molecular formula is C12H17N2. The molecular weight excluding hydrogens is 172 g/mol. The smallest absolute Gasteiger partial charge is 0.0463 e. The minimum Gasteiger partial charge on any atom is -0.399 e. The van der Waals surface area contributed by atoms with Crippen LogP contribution in [-0.2, 0) is 5.41 Å². The Bertz CT molecular complexity index is 355. The van der Waals surface area contributed by atoms with Gasteiger partial charge in [-0.1, -0.05) is 19.9 Å². The standard InChI is InChI=1S/C12H17N2/c1-4-14-8-12(2,3)10-6-5-9(13)7-11(10)14/h4-7H,8,13H2,1-3H3. The Kier molecular flexibility index (Phi) is 1.95. The highest BCUT2D eigenvalue weighted by molar-refractivity contribution is 5.68. The van der Waals surface area contributed by atoms with Gasteiger partial charge in [-0.2, -0.15) is 0 Å².